The van der Waals surface area contributed by atoms with Gasteiger partial charge in [-0.3, -0.25) is 9.78 Å². The standard InChI is InChI=1S/C19H17N3O2S/c23-19(21-16-5-8-18-15(12-16)2-1-9-20-18)14-3-6-17(7-4-14)22-10-11-24-13-25-22/h1-9,12H,10-11,13H2,(H,21,23). The molecule has 3 aromatic rings. The van der Waals surface area contributed by atoms with Gasteiger partial charge in [-0.1, -0.05) is 6.07 Å². The molecule has 5 nitrogen and oxygen atoms in total. The predicted molar refractivity (Wildman–Crippen MR) is 102 cm³/mol. The van der Waals surface area contributed by atoms with E-state index in [2.05, 4.69) is 14.6 Å². The molecule has 0 aliphatic carbocycles. The van der Waals surface area contributed by atoms with Crippen LogP contribution in [0.25, 0.3) is 10.9 Å². The number of nitrogens with one attached hydrogen (secondary N) is 1. The molecule has 4 rings (SSSR count). The molecule has 0 bridgehead atoms. The Morgan fingerprint density at radius 3 is 2.84 bits per heavy atom. The van der Waals surface area contributed by atoms with E-state index in [1.165, 1.54) is 0 Å². The number of hydrogen-bond acceptors (Lipinski definition) is 5. The highest BCUT2D eigenvalue weighted by molar-refractivity contribution is 8.00. The fourth-order valence-corrected chi connectivity index (χ4v) is 3.51. The Balaban J connectivity index is 1.48. The van der Waals surface area contributed by atoms with Crippen LogP contribution in [0.3, 0.4) is 0 Å². The summed E-state index contributed by atoms with van der Waals surface area (Å²) in [5, 5.41) is 3.94. The SMILES string of the molecule is O=C(Nc1ccc2ncccc2c1)c1ccc(N2CCOCS2)cc1. The average Bonchev–Trinajstić information content (AvgIpc) is 2.69. The molecular weight excluding hydrogens is 334 g/mol. The number of hydrogen-bond donors (Lipinski definition) is 1. The van der Waals surface area contributed by atoms with Crippen molar-refractivity contribution in [1.82, 2.24) is 4.98 Å². The minimum absolute atomic E-state index is 0.121. The summed E-state index contributed by atoms with van der Waals surface area (Å²) in [5.41, 5.74) is 3.39. The number of rotatable bonds is 3. The largest absolute Gasteiger partial charge is 0.367 e. The topological polar surface area (TPSA) is 54.5 Å². The van der Waals surface area contributed by atoms with E-state index in [9.17, 15) is 4.79 Å². The number of pyridine rings is 1. The summed E-state index contributed by atoms with van der Waals surface area (Å²) in [6, 6.07) is 17.2. The van der Waals surface area contributed by atoms with Crippen molar-refractivity contribution in [2.24, 2.45) is 0 Å². The second-order valence-corrected chi connectivity index (χ2v) is 6.60. The average molecular weight is 351 g/mol. The van der Waals surface area contributed by atoms with Gasteiger partial charge in [0.15, 0.2) is 0 Å². The molecule has 1 saturated heterocycles. The lowest BCUT2D eigenvalue weighted by Gasteiger charge is -2.27. The first-order chi connectivity index (χ1) is 12.3. The van der Waals surface area contributed by atoms with E-state index in [0.717, 1.165) is 35.4 Å². The fourth-order valence-electron chi connectivity index (χ4n) is 2.71. The molecule has 6 heteroatoms. The Labute approximate surface area is 150 Å². The third kappa shape index (κ3) is 3.60. The van der Waals surface area contributed by atoms with Gasteiger partial charge in [-0.15, -0.1) is 0 Å². The second kappa shape index (κ2) is 7.13. The third-order valence-corrected chi connectivity index (χ3v) is 4.99. The first-order valence-electron chi connectivity index (χ1n) is 8.04. The van der Waals surface area contributed by atoms with Gasteiger partial charge in [0.05, 0.1) is 18.7 Å². The van der Waals surface area contributed by atoms with Crippen LogP contribution in [-0.2, 0) is 4.74 Å². The van der Waals surface area contributed by atoms with E-state index >= 15 is 0 Å². The van der Waals surface area contributed by atoms with Crippen LogP contribution in [0.2, 0.25) is 0 Å². The molecule has 1 fully saturated rings. The number of ether oxygens (including phenoxy) is 1. The number of aromatic nitrogens is 1. The highest BCUT2D eigenvalue weighted by Gasteiger charge is 2.13. The van der Waals surface area contributed by atoms with Gasteiger partial charge in [0.1, 0.15) is 5.94 Å². The number of nitrogens with zero attached hydrogens (tertiary/aromatic N) is 2. The molecule has 126 valence electrons. The molecule has 1 aromatic heterocycles. The lowest BCUT2D eigenvalue weighted by Crippen LogP contribution is -2.26. The number of carbonyl (C=O) groups excluding carboxylic acids is 1. The number of fused-ring (bicyclic) bond motifs is 1. The summed E-state index contributed by atoms with van der Waals surface area (Å²) < 4.78 is 7.51. The zero-order valence-corrected chi connectivity index (χ0v) is 14.3. The first-order valence-corrected chi connectivity index (χ1v) is 8.98. The van der Waals surface area contributed by atoms with Crippen molar-refractivity contribution in [1.29, 1.82) is 0 Å². The zero-order chi connectivity index (χ0) is 17.1. The molecule has 1 N–H and O–H groups in total. The van der Waals surface area contributed by atoms with Crippen LogP contribution in [0.4, 0.5) is 11.4 Å². The zero-order valence-electron chi connectivity index (χ0n) is 13.5. The summed E-state index contributed by atoms with van der Waals surface area (Å²) in [5.74, 6) is 0.545. The van der Waals surface area contributed by atoms with Crippen LogP contribution in [0.15, 0.2) is 60.8 Å². The minimum atomic E-state index is -0.121. The minimum Gasteiger partial charge on any atom is -0.367 e. The summed E-state index contributed by atoms with van der Waals surface area (Å²) in [7, 11) is 0. The van der Waals surface area contributed by atoms with Gasteiger partial charge in [-0.05, 0) is 60.5 Å². The predicted octanol–water partition coefficient (Wildman–Crippen LogP) is 3.93. The molecule has 1 aliphatic rings. The van der Waals surface area contributed by atoms with Crippen molar-refractivity contribution < 1.29 is 9.53 Å². The van der Waals surface area contributed by atoms with Crippen LogP contribution in [-0.4, -0.2) is 30.0 Å². The molecule has 0 atom stereocenters. The van der Waals surface area contributed by atoms with Gasteiger partial charge < -0.3 is 14.4 Å². The maximum Gasteiger partial charge on any atom is 0.255 e. The quantitative estimate of drug-likeness (QED) is 0.725. The smallest absolute Gasteiger partial charge is 0.255 e. The van der Waals surface area contributed by atoms with Crippen molar-refractivity contribution >= 4 is 40.1 Å². The van der Waals surface area contributed by atoms with E-state index in [1.807, 2.05) is 54.6 Å². The van der Waals surface area contributed by atoms with E-state index in [1.54, 1.807) is 18.1 Å². The molecule has 0 saturated carbocycles. The van der Waals surface area contributed by atoms with Crippen molar-refractivity contribution in [3.8, 4) is 0 Å². The Hall–Kier alpha value is -2.57. The Morgan fingerprint density at radius 1 is 1.16 bits per heavy atom. The van der Waals surface area contributed by atoms with Gasteiger partial charge in [-0.2, -0.15) is 0 Å². The van der Waals surface area contributed by atoms with Crippen molar-refractivity contribution in [3.63, 3.8) is 0 Å². The van der Waals surface area contributed by atoms with E-state index < -0.39 is 0 Å². The van der Waals surface area contributed by atoms with Crippen molar-refractivity contribution in [3.05, 3.63) is 66.4 Å². The van der Waals surface area contributed by atoms with Gasteiger partial charge >= 0.3 is 0 Å². The Kier molecular flexibility index (Phi) is 4.54. The molecule has 1 aliphatic heterocycles. The van der Waals surface area contributed by atoms with Crippen molar-refractivity contribution in [2.75, 3.05) is 28.7 Å². The molecule has 2 heterocycles. The van der Waals surface area contributed by atoms with Gasteiger partial charge in [-0.25, -0.2) is 0 Å². The number of benzene rings is 2. The Bertz CT molecular complexity index is 893. The van der Waals surface area contributed by atoms with Gasteiger partial charge in [0, 0.05) is 28.5 Å². The van der Waals surface area contributed by atoms with Crippen molar-refractivity contribution in [2.45, 2.75) is 0 Å². The number of amides is 1. The normalized spacial score (nSPS) is 14.5. The summed E-state index contributed by atoms with van der Waals surface area (Å²) in [4.78, 5) is 16.8. The monoisotopic (exact) mass is 351 g/mol. The van der Waals surface area contributed by atoms with Crippen LogP contribution < -0.4 is 9.62 Å². The van der Waals surface area contributed by atoms with Gasteiger partial charge in [0.25, 0.3) is 5.91 Å². The summed E-state index contributed by atoms with van der Waals surface area (Å²) >= 11 is 1.64. The molecule has 0 radical (unpaired) electrons. The van der Waals surface area contributed by atoms with Gasteiger partial charge in [0.2, 0.25) is 0 Å². The fraction of sp³-hybridized carbons (Fsp3) is 0.158. The number of anilines is 2. The summed E-state index contributed by atoms with van der Waals surface area (Å²) in [6.07, 6.45) is 1.76. The summed E-state index contributed by atoms with van der Waals surface area (Å²) in [6.45, 7) is 1.58. The molecule has 1 amide bonds. The lowest BCUT2D eigenvalue weighted by atomic mass is 10.1. The molecule has 25 heavy (non-hydrogen) atoms. The van der Waals surface area contributed by atoms with Crippen LogP contribution in [0.5, 0.6) is 0 Å². The van der Waals surface area contributed by atoms with Crippen LogP contribution >= 0.6 is 11.9 Å². The molecule has 0 spiro atoms. The van der Waals surface area contributed by atoms with E-state index in [4.69, 9.17) is 4.74 Å². The van der Waals surface area contributed by atoms with E-state index in [-0.39, 0.29) is 5.91 Å². The first kappa shape index (κ1) is 15.9. The van der Waals surface area contributed by atoms with E-state index in [0.29, 0.717) is 11.5 Å². The lowest BCUT2D eigenvalue weighted by molar-refractivity contribution is 0.102. The highest BCUT2D eigenvalue weighted by atomic mass is 32.2. The Morgan fingerprint density at radius 2 is 2.04 bits per heavy atom. The van der Waals surface area contributed by atoms with Crippen LogP contribution in [0, 0.1) is 0 Å². The highest BCUT2D eigenvalue weighted by Crippen LogP contribution is 2.25. The second-order valence-electron chi connectivity index (χ2n) is 5.67. The molecule has 2 aromatic carbocycles. The maximum atomic E-state index is 12.5. The molecule has 0 unspecified atom stereocenters. The third-order valence-electron chi connectivity index (χ3n) is 4.01. The number of carbonyl (C=O) groups is 1. The maximum absolute atomic E-state index is 12.5. The molecular formula is C19H17N3O2S. The van der Waals surface area contributed by atoms with Crippen LogP contribution in [0.1, 0.15) is 10.4 Å².